The van der Waals surface area contributed by atoms with Gasteiger partial charge in [0, 0.05) is 35.8 Å². The first-order chi connectivity index (χ1) is 19.8. The molecule has 0 unspecified atom stereocenters. The summed E-state index contributed by atoms with van der Waals surface area (Å²) in [5.74, 6) is 0.202. The van der Waals surface area contributed by atoms with Crippen molar-refractivity contribution in [2.24, 2.45) is 5.92 Å². The van der Waals surface area contributed by atoms with Crippen LogP contribution in [0.1, 0.15) is 60.2 Å². The van der Waals surface area contributed by atoms with Crippen molar-refractivity contribution in [2.75, 3.05) is 17.2 Å². The third-order valence-electron chi connectivity index (χ3n) is 7.77. The highest BCUT2D eigenvalue weighted by molar-refractivity contribution is 6.30. The van der Waals surface area contributed by atoms with Gasteiger partial charge in [0.1, 0.15) is 16.8 Å². The molecule has 8 nitrogen and oxygen atoms in total. The summed E-state index contributed by atoms with van der Waals surface area (Å²) in [6, 6.07) is 16.4. The first-order valence-electron chi connectivity index (χ1n) is 14.2. The number of aliphatic carboxylic acids is 1. The summed E-state index contributed by atoms with van der Waals surface area (Å²) in [7, 11) is 0. The third kappa shape index (κ3) is 7.85. The van der Waals surface area contributed by atoms with E-state index in [1.54, 1.807) is 0 Å². The second-order valence-electron chi connectivity index (χ2n) is 11.1. The molecule has 2 aromatic carbocycles. The van der Waals surface area contributed by atoms with Gasteiger partial charge in [0.25, 0.3) is 0 Å². The van der Waals surface area contributed by atoms with Gasteiger partial charge in [-0.3, -0.25) is 9.59 Å². The lowest BCUT2D eigenvalue weighted by Crippen LogP contribution is -2.28. The number of carboxylic acid groups (broad SMARTS) is 1. The number of rotatable bonds is 12. The number of carbonyl (C=O) groups excluding carboxylic acids is 1. The van der Waals surface area contributed by atoms with E-state index in [1.165, 1.54) is 24.0 Å². The van der Waals surface area contributed by atoms with Crippen LogP contribution in [0.25, 0.3) is 0 Å². The van der Waals surface area contributed by atoms with Crippen LogP contribution < -0.4 is 16.0 Å². The topological polar surface area (TPSA) is 116 Å². The minimum absolute atomic E-state index is 0.0133. The van der Waals surface area contributed by atoms with Crippen molar-refractivity contribution in [2.45, 2.75) is 63.8 Å². The highest BCUT2D eigenvalue weighted by Crippen LogP contribution is 2.29. The molecule has 5 rings (SSSR count). The number of hydrogen-bond acceptors (Lipinski definition) is 6. The van der Waals surface area contributed by atoms with Crippen LogP contribution in [0.4, 0.5) is 11.5 Å². The normalized spacial score (nSPS) is 15.0. The Morgan fingerprint density at radius 2 is 1.68 bits per heavy atom. The van der Waals surface area contributed by atoms with Crippen LogP contribution in [0, 0.1) is 5.92 Å². The summed E-state index contributed by atoms with van der Waals surface area (Å²) in [5.41, 5.74) is 5.54. The van der Waals surface area contributed by atoms with E-state index in [4.69, 9.17) is 11.6 Å². The Labute approximate surface area is 245 Å². The lowest BCUT2D eigenvalue weighted by atomic mass is 10.0. The monoisotopic (exact) mass is 573 g/mol. The first-order valence-corrected chi connectivity index (χ1v) is 14.6. The Kier molecular flexibility index (Phi) is 9.19. The third-order valence-corrected chi connectivity index (χ3v) is 8.09. The van der Waals surface area contributed by atoms with E-state index in [2.05, 4.69) is 56.8 Å². The molecule has 1 heterocycles. The molecule has 2 aliphatic rings. The minimum Gasteiger partial charge on any atom is -0.481 e. The van der Waals surface area contributed by atoms with Gasteiger partial charge in [-0.15, -0.1) is 0 Å². The number of nitrogens with zero attached hydrogens (tertiary/aromatic N) is 2. The van der Waals surface area contributed by atoms with Crippen LogP contribution in [-0.2, 0) is 35.3 Å². The predicted molar refractivity (Wildman–Crippen MR) is 161 cm³/mol. The lowest BCUT2D eigenvalue weighted by molar-refractivity contribution is -0.136. The van der Waals surface area contributed by atoms with E-state index in [1.807, 2.05) is 24.3 Å². The van der Waals surface area contributed by atoms with Crippen molar-refractivity contribution in [1.82, 2.24) is 15.3 Å². The van der Waals surface area contributed by atoms with E-state index < -0.39 is 5.97 Å². The van der Waals surface area contributed by atoms with Crippen molar-refractivity contribution >= 4 is 35.0 Å². The maximum Gasteiger partial charge on any atom is 0.308 e. The Morgan fingerprint density at radius 1 is 1.00 bits per heavy atom. The number of anilines is 2. The SMILES string of the molecule is C=C(CNc1nc(Cc2ccc(NC(=O)CC3Cc4ccccc4C3)cc2)nc(Cl)c1CC(=O)O)NC1CCCC1. The number of halogens is 1. The van der Waals surface area contributed by atoms with Crippen LogP contribution in [0.5, 0.6) is 0 Å². The van der Waals surface area contributed by atoms with E-state index in [0.29, 0.717) is 48.6 Å². The maximum absolute atomic E-state index is 12.7. The number of fused-ring (bicyclic) bond motifs is 1. The summed E-state index contributed by atoms with van der Waals surface area (Å²) in [6.07, 6.45) is 7.18. The molecule has 1 aromatic heterocycles. The number of benzene rings is 2. The molecular formula is C32H36ClN5O3. The van der Waals surface area contributed by atoms with E-state index in [-0.39, 0.29) is 17.5 Å². The quantitative estimate of drug-likeness (QED) is 0.210. The van der Waals surface area contributed by atoms with Gasteiger partial charge in [-0.2, -0.15) is 0 Å². The summed E-state index contributed by atoms with van der Waals surface area (Å²) in [5, 5.41) is 19.2. The smallest absolute Gasteiger partial charge is 0.308 e. The fraction of sp³-hybridized carbons (Fsp3) is 0.375. The van der Waals surface area contributed by atoms with Gasteiger partial charge < -0.3 is 21.1 Å². The van der Waals surface area contributed by atoms with Crippen LogP contribution in [0.15, 0.2) is 60.8 Å². The number of carboxylic acids is 1. The summed E-state index contributed by atoms with van der Waals surface area (Å²) >= 11 is 6.44. The molecule has 0 bridgehead atoms. The number of nitrogens with one attached hydrogen (secondary N) is 3. The zero-order valence-corrected chi connectivity index (χ0v) is 23.8. The van der Waals surface area contributed by atoms with Gasteiger partial charge in [-0.05, 0) is 60.4 Å². The largest absolute Gasteiger partial charge is 0.481 e. The molecule has 41 heavy (non-hydrogen) atoms. The number of carbonyl (C=O) groups is 2. The maximum atomic E-state index is 12.7. The van der Waals surface area contributed by atoms with Crippen LogP contribution in [0.3, 0.4) is 0 Å². The Balaban J connectivity index is 1.19. The molecule has 2 aliphatic carbocycles. The molecule has 0 saturated heterocycles. The van der Waals surface area contributed by atoms with E-state index in [9.17, 15) is 14.7 Å². The molecular weight excluding hydrogens is 538 g/mol. The molecule has 0 atom stereocenters. The van der Waals surface area contributed by atoms with Crippen molar-refractivity contribution in [3.8, 4) is 0 Å². The summed E-state index contributed by atoms with van der Waals surface area (Å²) in [6.45, 7) is 4.51. The number of amides is 1. The van der Waals surface area contributed by atoms with Crippen LogP contribution in [-0.4, -0.2) is 39.5 Å². The summed E-state index contributed by atoms with van der Waals surface area (Å²) < 4.78 is 0. The fourth-order valence-electron chi connectivity index (χ4n) is 5.79. The number of aromatic nitrogens is 2. The van der Waals surface area contributed by atoms with Gasteiger partial charge in [0.2, 0.25) is 5.91 Å². The highest BCUT2D eigenvalue weighted by atomic mass is 35.5. The number of hydrogen-bond donors (Lipinski definition) is 4. The zero-order chi connectivity index (χ0) is 28.8. The average Bonchev–Trinajstić information content (AvgIpc) is 3.59. The molecule has 214 valence electrons. The molecule has 3 aromatic rings. The molecule has 4 N–H and O–H groups in total. The minimum atomic E-state index is -1.01. The fourth-order valence-corrected chi connectivity index (χ4v) is 6.04. The first kappa shape index (κ1) is 28.6. The van der Waals surface area contributed by atoms with Gasteiger partial charge in [0.15, 0.2) is 0 Å². The Hall–Kier alpha value is -3.91. The second kappa shape index (κ2) is 13.2. The Bertz CT molecular complexity index is 1390. The molecule has 9 heteroatoms. The zero-order valence-electron chi connectivity index (χ0n) is 23.1. The second-order valence-corrected chi connectivity index (χ2v) is 11.4. The predicted octanol–water partition coefficient (Wildman–Crippen LogP) is 5.55. The lowest BCUT2D eigenvalue weighted by Gasteiger charge is -2.18. The van der Waals surface area contributed by atoms with Gasteiger partial charge in [-0.25, -0.2) is 9.97 Å². The molecule has 1 fully saturated rings. The van der Waals surface area contributed by atoms with Crippen LogP contribution in [0.2, 0.25) is 5.15 Å². The highest BCUT2D eigenvalue weighted by Gasteiger charge is 2.23. The molecule has 1 saturated carbocycles. The van der Waals surface area contributed by atoms with E-state index >= 15 is 0 Å². The van der Waals surface area contributed by atoms with Gasteiger partial charge in [-0.1, -0.05) is 67.4 Å². The standard InChI is InChI=1S/C32H36ClN5O3/c1-20(35-25-8-4-5-9-25)19-34-32-27(18-30(40)41)31(33)37-28(38-32)16-21-10-12-26(13-11-21)36-29(39)17-22-14-23-6-2-3-7-24(23)15-22/h2-3,6-7,10-13,22,25,35H,1,4-5,8-9,14-19H2,(H,36,39)(H,40,41)(H,34,37,38). The van der Waals surface area contributed by atoms with Gasteiger partial charge in [0.05, 0.1) is 13.0 Å². The Morgan fingerprint density at radius 3 is 2.34 bits per heavy atom. The van der Waals surface area contributed by atoms with Crippen molar-refractivity contribution in [3.63, 3.8) is 0 Å². The molecule has 0 spiro atoms. The summed E-state index contributed by atoms with van der Waals surface area (Å²) in [4.78, 5) is 33.2. The van der Waals surface area contributed by atoms with E-state index in [0.717, 1.165) is 42.6 Å². The average molecular weight is 574 g/mol. The van der Waals surface area contributed by atoms with Crippen LogP contribution >= 0.6 is 11.6 Å². The molecule has 1 amide bonds. The molecule has 0 radical (unpaired) electrons. The van der Waals surface area contributed by atoms with Crippen molar-refractivity contribution in [3.05, 3.63) is 94.0 Å². The van der Waals surface area contributed by atoms with Gasteiger partial charge >= 0.3 is 5.97 Å². The van der Waals surface area contributed by atoms with Crippen molar-refractivity contribution in [1.29, 1.82) is 0 Å². The molecule has 0 aliphatic heterocycles. The van der Waals surface area contributed by atoms with Crippen molar-refractivity contribution < 1.29 is 14.7 Å².